The molecule has 0 aliphatic heterocycles. The van der Waals surface area contributed by atoms with Crippen LogP contribution in [0.3, 0.4) is 0 Å². The Hall–Kier alpha value is 1.04. The van der Waals surface area contributed by atoms with E-state index in [1.165, 1.54) is 0 Å². The highest BCUT2D eigenvalue weighted by Gasteiger charge is 2.50. The third-order valence-electron chi connectivity index (χ3n) is 1.29. The Labute approximate surface area is 91.1 Å². The van der Waals surface area contributed by atoms with Crippen molar-refractivity contribution < 1.29 is 13.2 Å². The second-order valence-corrected chi connectivity index (χ2v) is 4.74. The first-order valence-electron chi connectivity index (χ1n) is 3.32. The van der Waals surface area contributed by atoms with E-state index in [4.69, 9.17) is 11.6 Å². The minimum atomic E-state index is -3.66. The second kappa shape index (κ2) is 5.05. The van der Waals surface area contributed by atoms with Crippen LogP contribution in [0.15, 0.2) is 0 Å². The van der Waals surface area contributed by atoms with Crippen LogP contribution in [0.5, 0.6) is 0 Å². The molecular formula is C6H8Br2ClF3. The summed E-state index contributed by atoms with van der Waals surface area (Å²) in [7, 11) is 0. The van der Waals surface area contributed by atoms with Crippen molar-refractivity contribution in [1.82, 2.24) is 0 Å². The van der Waals surface area contributed by atoms with E-state index in [1.807, 2.05) is 15.9 Å². The van der Waals surface area contributed by atoms with E-state index in [0.717, 1.165) is 0 Å². The van der Waals surface area contributed by atoms with E-state index < -0.39 is 9.96 Å². The molecule has 0 radical (unpaired) electrons. The smallest absolute Gasteiger partial charge is 0.218 e. The Morgan fingerprint density at radius 2 is 1.67 bits per heavy atom. The largest absolute Gasteiger partial charge is 0.348 e. The molecule has 0 saturated heterocycles. The van der Waals surface area contributed by atoms with E-state index in [2.05, 4.69) is 15.9 Å². The first-order valence-corrected chi connectivity index (χ1v) is 5.61. The van der Waals surface area contributed by atoms with Gasteiger partial charge in [0.05, 0.1) is 0 Å². The highest BCUT2D eigenvalue weighted by Crippen LogP contribution is 2.44. The number of unbranched alkanes of at least 4 members (excludes halogenated alkanes) is 1. The maximum atomic E-state index is 12.9. The van der Waals surface area contributed by atoms with Gasteiger partial charge in [-0.1, -0.05) is 27.5 Å². The summed E-state index contributed by atoms with van der Waals surface area (Å²) >= 11 is 9.97. The highest BCUT2D eigenvalue weighted by atomic mass is 79.9. The molecule has 0 N–H and O–H groups in total. The Morgan fingerprint density at radius 1 is 1.17 bits per heavy atom. The summed E-state index contributed by atoms with van der Waals surface area (Å²) in [5.41, 5.74) is 0. The Kier molecular flexibility index (Phi) is 5.49. The van der Waals surface area contributed by atoms with Crippen LogP contribution < -0.4 is 0 Å². The van der Waals surface area contributed by atoms with Crippen LogP contribution in [0, 0.1) is 0 Å². The lowest BCUT2D eigenvalue weighted by molar-refractivity contribution is -0.0104. The molecule has 12 heavy (non-hydrogen) atoms. The zero-order chi connectivity index (χ0) is 9.83. The van der Waals surface area contributed by atoms with Gasteiger partial charge in [0.1, 0.15) is 0 Å². The van der Waals surface area contributed by atoms with Crippen molar-refractivity contribution in [3.63, 3.8) is 0 Å². The molecule has 0 aromatic heterocycles. The number of halogens is 6. The van der Waals surface area contributed by atoms with Gasteiger partial charge in [-0.2, -0.15) is 8.78 Å². The summed E-state index contributed by atoms with van der Waals surface area (Å²) < 4.78 is 37.5. The van der Waals surface area contributed by atoms with Crippen LogP contribution >= 0.6 is 43.5 Å². The van der Waals surface area contributed by atoms with Crippen LogP contribution in [-0.2, 0) is 0 Å². The molecule has 1 atom stereocenters. The van der Waals surface area contributed by atoms with Gasteiger partial charge in [-0.3, -0.25) is 0 Å². The van der Waals surface area contributed by atoms with Crippen LogP contribution in [-0.4, -0.2) is 15.3 Å². The molecule has 0 unspecified atom stereocenters. The standard InChI is InChI=1S/C6H8Br2ClF3/c7-4-2-1-3-5(9,10)6(8,11)12/h1-4H2/t5-/m0/s1. The molecule has 0 aliphatic rings. The third-order valence-corrected chi connectivity index (χ3v) is 3.13. The fraction of sp³-hybridized carbons (Fsp3) is 1.00. The van der Waals surface area contributed by atoms with Gasteiger partial charge in [-0.25, -0.2) is 4.39 Å². The summed E-state index contributed by atoms with van der Waals surface area (Å²) in [4.78, 5) is -3.66. The van der Waals surface area contributed by atoms with E-state index in [1.54, 1.807) is 0 Å². The van der Waals surface area contributed by atoms with Gasteiger partial charge in [0.25, 0.3) is 5.13 Å². The molecule has 0 aromatic rings. The maximum absolute atomic E-state index is 12.9. The summed E-state index contributed by atoms with van der Waals surface area (Å²) in [5.74, 6) is 0. The molecule has 74 valence electrons. The summed E-state index contributed by atoms with van der Waals surface area (Å²) in [6.45, 7) is 0. The average Bonchev–Trinajstić information content (AvgIpc) is 1.85. The first kappa shape index (κ1) is 13.0. The van der Waals surface area contributed by atoms with Gasteiger partial charge in [-0.15, -0.1) is 0 Å². The maximum Gasteiger partial charge on any atom is 0.348 e. The summed E-state index contributed by atoms with van der Waals surface area (Å²) in [6, 6.07) is 0. The van der Waals surface area contributed by atoms with Crippen molar-refractivity contribution in [2.24, 2.45) is 0 Å². The van der Waals surface area contributed by atoms with Crippen LogP contribution in [0.25, 0.3) is 0 Å². The molecular weight excluding hydrogens is 324 g/mol. The topological polar surface area (TPSA) is 0 Å². The number of hydrogen-bond acceptors (Lipinski definition) is 0. The van der Waals surface area contributed by atoms with Gasteiger partial charge >= 0.3 is 4.83 Å². The van der Waals surface area contributed by atoms with Crippen molar-refractivity contribution in [1.29, 1.82) is 0 Å². The predicted molar refractivity (Wildman–Crippen MR) is 51.2 cm³/mol. The molecule has 0 rings (SSSR count). The van der Waals surface area contributed by atoms with E-state index >= 15 is 0 Å². The lowest BCUT2D eigenvalue weighted by Gasteiger charge is -2.22. The highest BCUT2D eigenvalue weighted by molar-refractivity contribution is 9.10. The molecule has 0 nitrogen and oxygen atoms in total. The van der Waals surface area contributed by atoms with Gasteiger partial charge in [-0.05, 0) is 28.8 Å². The lowest BCUT2D eigenvalue weighted by atomic mass is 10.2. The Morgan fingerprint density at radius 3 is 2.00 bits per heavy atom. The van der Waals surface area contributed by atoms with Gasteiger partial charge in [0.2, 0.25) is 0 Å². The minimum Gasteiger partial charge on any atom is -0.218 e. The lowest BCUT2D eigenvalue weighted by Crippen LogP contribution is -2.33. The molecule has 0 heterocycles. The molecule has 0 fully saturated rings. The SMILES string of the molecule is FC(F)(Br)[C@](F)(Cl)CCCCBr. The van der Waals surface area contributed by atoms with E-state index in [9.17, 15) is 13.2 Å². The normalized spacial score (nSPS) is 17.5. The zero-order valence-electron chi connectivity index (χ0n) is 6.10. The number of hydrogen-bond donors (Lipinski definition) is 0. The number of rotatable bonds is 5. The minimum absolute atomic E-state index is 0.326. The van der Waals surface area contributed by atoms with Gasteiger partial charge in [0, 0.05) is 11.8 Å². The fourth-order valence-corrected chi connectivity index (χ4v) is 1.31. The van der Waals surface area contributed by atoms with Crippen molar-refractivity contribution in [3.05, 3.63) is 0 Å². The van der Waals surface area contributed by atoms with E-state index in [-0.39, 0.29) is 6.42 Å². The van der Waals surface area contributed by atoms with Crippen molar-refractivity contribution in [2.75, 3.05) is 5.33 Å². The Bertz CT molecular complexity index is 135. The molecule has 6 heteroatoms. The van der Waals surface area contributed by atoms with Crippen molar-refractivity contribution >= 4 is 43.5 Å². The quantitative estimate of drug-likeness (QED) is 0.516. The summed E-state index contributed by atoms with van der Waals surface area (Å²) in [5, 5.41) is -2.32. The monoisotopic (exact) mass is 330 g/mol. The molecule has 0 aromatic carbocycles. The van der Waals surface area contributed by atoms with Crippen molar-refractivity contribution in [2.45, 2.75) is 29.2 Å². The Balaban J connectivity index is 3.88. The molecule has 0 bridgehead atoms. The van der Waals surface area contributed by atoms with Crippen molar-refractivity contribution in [3.8, 4) is 0 Å². The molecule has 0 spiro atoms. The third kappa shape index (κ3) is 4.33. The second-order valence-electron chi connectivity index (χ2n) is 2.35. The van der Waals surface area contributed by atoms with Crippen LogP contribution in [0.1, 0.15) is 19.3 Å². The zero-order valence-corrected chi connectivity index (χ0v) is 10.0. The predicted octanol–water partition coefficient (Wildman–Crippen LogP) is 4.44. The van der Waals surface area contributed by atoms with Gasteiger partial charge in [0.15, 0.2) is 0 Å². The summed E-state index contributed by atoms with van der Waals surface area (Å²) in [6.07, 6.45) is 0.590. The van der Waals surface area contributed by atoms with Gasteiger partial charge < -0.3 is 0 Å². The van der Waals surface area contributed by atoms with Crippen LogP contribution in [0.2, 0.25) is 0 Å². The average molecular weight is 332 g/mol. The molecule has 0 aliphatic carbocycles. The molecule has 0 saturated carbocycles. The first-order chi connectivity index (χ1) is 5.31. The molecule has 0 amide bonds. The fourth-order valence-electron chi connectivity index (χ4n) is 0.583. The van der Waals surface area contributed by atoms with E-state index in [0.29, 0.717) is 18.2 Å². The number of alkyl halides is 6. The van der Waals surface area contributed by atoms with Crippen LogP contribution in [0.4, 0.5) is 13.2 Å².